The summed E-state index contributed by atoms with van der Waals surface area (Å²) in [4.78, 5) is 36.5. The van der Waals surface area contributed by atoms with Gasteiger partial charge in [-0.3, -0.25) is 4.79 Å². The van der Waals surface area contributed by atoms with Crippen LogP contribution in [-0.4, -0.2) is 30.6 Å². The summed E-state index contributed by atoms with van der Waals surface area (Å²) in [6, 6.07) is 17.7. The van der Waals surface area contributed by atoms with Crippen molar-refractivity contribution in [3.8, 4) is 0 Å². The maximum Gasteiger partial charge on any atom is 0.407 e. The molecule has 0 bridgehead atoms. The maximum atomic E-state index is 12.5. The average molecular weight is 412 g/mol. The molecule has 2 aromatic carbocycles. The molecule has 0 aliphatic heterocycles. The Morgan fingerprint density at radius 1 is 0.867 bits per heavy atom. The van der Waals surface area contributed by atoms with Crippen LogP contribution in [0.3, 0.4) is 0 Å². The Labute approximate surface area is 176 Å². The van der Waals surface area contributed by atoms with E-state index in [1.807, 2.05) is 74.5 Å². The van der Waals surface area contributed by atoms with Gasteiger partial charge in [0, 0.05) is 0 Å². The van der Waals surface area contributed by atoms with Gasteiger partial charge >= 0.3 is 12.1 Å². The largest absolute Gasteiger partial charge is 0.459 e. The molecule has 2 amide bonds. The smallest absolute Gasteiger partial charge is 0.407 e. The van der Waals surface area contributed by atoms with Crippen molar-refractivity contribution in [1.29, 1.82) is 0 Å². The predicted octanol–water partition coefficient (Wildman–Crippen LogP) is 3.19. The van der Waals surface area contributed by atoms with E-state index in [9.17, 15) is 14.4 Å². The highest BCUT2D eigenvalue weighted by atomic mass is 16.5. The van der Waals surface area contributed by atoms with E-state index in [2.05, 4.69) is 10.6 Å². The first-order valence-electron chi connectivity index (χ1n) is 9.94. The fourth-order valence-electron chi connectivity index (χ4n) is 2.64. The first-order valence-corrected chi connectivity index (χ1v) is 9.94. The van der Waals surface area contributed by atoms with Gasteiger partial charge in [-0.25, -0.2) is 9.59 Å². The predicted molar refractivity (Wildman–Crippen MR) is 112 cm³/mol. The number of carbonyl (C=O) groups excluding carboxylic acids is 3. The molecule has 0 heterocycles. The second-order valence-electron chi connectivity index (χ2n) is 6.94. The van der Waals surface area contributed by atoms with Crippen molar-refractivity contribution in [2.45, 2.75) is 39.5 Å². The quantitative estimate of drug-likeness (QED) is 0.585. The fraction of sp³-hybridized carbons (Fsp3) is 0.348. The van der Waals surface area contributed by atoms with Crippen molar-refractivity contribution < 1.29 is 23.9 Å². The van der Waals surface area contributed by atoms with E-state index in [4.69, 9.17) is 9.47 Å². The molecule has 0 aromatic heterocycles. The SMILES string of the molecule is CCC(C)C(NC(=O)CNC(=O)OCc1ccccc1)C(=O)OCc1ccccc1. The second-order valence-corrected chi connectivity index (χ2v) is 6.94. The monoisotopic (exact) mass is 412 g/mol. The van der Waals surface area contributed by atoms with Gasteiger partial charge < -0.3 is 20.1 Å². The molecule has 0 spiro atoms. The molecule has 30 heavy (non-hydrogen) atoms. The zero-order valence-electron chi connectivity index (χ0n) is 17.3. The Bertz CT molecular complexity index is 811. The second kappa shape index (κ2) is 12.3. The molecule has 2 N–H and O–H groups in total. The number of esters is 1. The van der Waals surface area contributed by atoms with Crippen molar-refractivity contribution in [3.05, 3.63) is 71.8 Å². The third kappa shape index (κ3) is 7.95. The van der Waals surface area contributed by atoms with Crippen LogP contribution in [-0.2, 0) is 32.3 Å². The number of hydrogen-bond donors (Lipinski definition) is 2. The lowest BCUT2D eigenvalue weighted by Gasteiger charge is -2.22. The lowest BCUT2D eigenvalue weighted by Crippen LogP contribution is -2.49. The van der Waals surface area contributed by atoms with Gasteiger partial charge in [-0.1, -0.05) is 80.9 Å². The van der Waals surface area contributed by atoms with Crippen LogP contribution >= 0.6 is 0 Å². The lowest BCUT2D eigenvalue weighted by atomic mass is 9.99. The van der Waals surface area contributed by atoms with E-state index in [0.29, 0.717) is 6.42 Å². The molecule has 0 saturated carbocycles. The minimum Gasteiger partial charge on any atom is -0.459 e. The number of nitrogens with one attached hydrogen (secondary N) is 2. The third-order valence-electron chi connectivity index (χ3n) is 4.61. The fourth-order valence-corrected chi connectivity index (χ4v) is 2.64. The van der Waals surface area contributed by atoms with Crippen LogP contribution in [0.15, 0.2) is 60.7 Å². The minimum absolute atomic E-state index is 0.107. The molecule has 2 unspecified atom stereocenters. The van der Waals surface area contributed by atoms with E-state index >= 15 is 0 Å². The molecule has 0 radical (unpaired) electrons. The summed E-state index contributed by atoms with van der Waals surface area (Å²) in [5.41, 5.74) is 1.71. The molecule has 0 fully saturated rings. The zero-order valence-corrected chi connectivity index (χ0v) is 17.3. The number of rotatable bonds is 10. The summed E-state index contributed by atoms with van der Waals surface area (Å²) < 4.78 is 10.4. The standard InChI is InChI=1S/C23H28N2O5/c1-3-17(2)21(22(27)29-15-18-10-6-4-7-11-18)25-20(26)14-24-23(28)30-16-19-12-8-5-9-13-19/h4-13,17,21H,3,14-16H2,1-2H3,(H,24,28)(H,25,26). The number of alkyl carbamates (subject to hydrolysis) is 1. The number of benzene rings is 2. The topological polar surface area (TPSA) is 93.7 Å². The van der Waals surface area contributed by atoms with E-state index in [1.54, 1.807) is 0 Å². The number of ether oxygens (including phenoxy) is 2. The molecule has 2 rings (SSSR count). The van der Waals surface area contributed by atoms with Crippen molar-refractivity contribution >= 4 is 18.0 Å². The van der Waals surface area contributed by atoms with Gasteiger partial charge in [0.1, 0.15) is 25.8 Å². The Balaban J connectivity index is 1.79. The van der Waals surface area contributed by atoms with Gasteiger partial charge in [-0.05, 0) is 17.0 Å². The number of hydrogen-bond acceptors (Lipinski definition) is 5. The first-order chi connectivity index (χ1) is 14.5. The van der Waals surface area contributed by atoms with Crippen LogP contribution in [0.2, 0.25) is 0 Å². The molecule has 7 nitrogen and oxygen atoms in total. The molecule has 2 atom stereocenters. The van der Waals surface area contributed by atoms with Crippen LogP contribution in [0, 0.1) is 5.92 Å². The van der Waals surface area contributed by atoms with E-state index in [0.717, 1.165) is 11.1 Å². The summed E-state index contributed by atoms with van der Waals surface area (Å²) in [5, 5.41) is 5.04. The highest BCUT2D eigenvalue weighted by Crippen LogP contribution is 2.11. The maximum absolute atomic E-state index is 12.5. The molecule has 2 aromatic rings. The van der Waals surface area contributed by atoms with Crippen LogP contribution in [0.5, 0.6) is 0 Å². The molecule has 0 aliphatic carbocycles. The van der Waals surface area contributed by atoms with Gasteiger partial charge in [0.15, 0.2) is 0 Å². The number of carbonyl (C=O) groups is 3. The summed E-state index contributed by atoms with van der Waals surface area (Å²) in [6.45, 7) is 3.72. The van der Waals surface area contributed by atoms with Crippen molar-refractivity contribution in [3.63, 3.8) is 0 Å². The first kappa shape index (κ1) is 22.9. The van der Waals surface area contributed by atoms with Crippen LogP contribution < -0.4 is 10.6 Å². The highest BCUT2D eigenvalue weighted by molar-refractivity contribution is 5.87. The number of amides is 2. The Hall–Kier alpha value is -3.35. The normalized spacial score (nSPS) is 12.3. The van der Waals surface area contributed by atoms with Crippen molar-refractivity contribution in [2.24, 2.45) is 5.92 Å². The van der Waals surface area contributed by atoms with E-state index in [1.165, 1.54) is 0 Å². The summed E-state index contributed by atoms with van der Waals surface area (Å²) in [6.07, 6.45) is -0.0291. The van der Waals surface area contributed by atoms with Gasteiger partial charge in [0.2, 0.25) is 5.91 Å². The third-order valence-corrected chi connectivity index (χ3v) is 4.61. The average Bonchev–Trinajstić information content (AvgIpc) is 2.79. The summed E-state index contributed by atoms with van der Waals surface area (Å²) >= 11 is 0. The Kier molecular flexibility index (Phi) is 9.37. The van der Waals surface area contributed by atoms with Gasteiger partial charge in [0.05, 0.1) is 0 Å². The molecule has 7 heteroatoms. The zero-order chi connectivity index (χ0) is 21.8. The minimum atomic E-state index is -0.798. The molecular formula is C23H28N2O5. The van der Waals surface area contributed by atoms with Crippen LogP contribution in [0.4, 0.5) is 4.79 Å². The molecule has 0 aliphatic rings. The van der Waals surface area contributed by atoms with Gasteiger partial charge in [-0.2, -0.15) is 0 Å². The van der Waals surface area contributed by atoms with E-state index < -0.39 is 24.0 Å². The Morgan fingerprint density at radius 3 is 1.93 bits per heavy atom. The Morgan fingerprint density at radius 2 is 1.40 bits per heavy atom. The van der Waals surface area contributed by atoms with Crippen LogP contribution in [0.25, 0.3) is 0 Å². The van der Waals surface area contributed by atoms with Crippen molar-refractivity contribution in [1.82, 2.24) is 10.6 Å². The highest BCUT2D eigenvalue weighted by Gasteiger charge is 2.27. The van der Waals surface area contributed by atoms with Crippen LogP contribution in [0.1, 0.15) is 31.4 Å². The van der Waals surface area contributed by atoms with Gasteiger partial charge in [0.25, 0.3) is 0 Å². The molecule has 0 saturated heterocycles. The lowest BCUT2D eigenvalue weighted by molar-refractivity contribution is -0.150. The summed E-state index contributed by atoms with van der Waals surface area (Å²) in [5.74, 6) is -1.12. The summed E-state index contributed by atoms with van der Waals surface area (Å²) in [7, 11) is 0. The molecule has 160 valence electrons. The van der Waals surface area contributed by atoms with E-state index in [-0.39, 0.29) is 25.7 Å². The van der Waals surface area contributed by atoms with Crippen molar-refractivity contribution in [2.75, 3.05) is 6.54 Å². The van der Waals surface area contributed by atoms with Gasteiger partial charge in [-0.15, -0.1) is 0 Å². The molecular weight excluding hydrogens is 384 g/mol.